The predicted octanol–water partition coefficient (Wildman–Crippen LogP) is 2.09. The molecule has 1 atom stereocenters. The fraction of sp³-hybridized carbons (Fsp3) is 0.538. The summed E-state index contributed by atoms with van der Waals surface area (Å²) in [5, 5.41) is 0. The molecule has 0 aromatic heterocycles. The zero-order valence-electron chi connectivity index (χ0n) is 9.83. The fourth-order valence-electron chi connectivity index (χ4n) is 2.40. The molecule has 1 aliphatic carbocycles. The molecule has 0 amide bonds. The lowest BCUT2D eigenvalue weighted by Crippen LogP contribution is -2.39. The Morgan fingerprint density at radius 3 is 2.47 bits per heavy atom. The van der Waals surface area contributed by atoms with Crippen LogP contribution in [0.25, 0.3) is 0 Å². The van der Waals surface area contributed by atoms with Gasteiger partial charge in [-0.15, -0.1) is 0 Å². The van der Waals surface area contributed by atoms with Crippen LogP contribution in [0.3, 0.4) is 0 Å². The summed E-state index contributed by atoms with van der Waals surface area (Å²) in [6.07, 6.45) is 2.29. The summed E-state index contributed by atoms with van der Waals surface area (Å²) >= 11 is 0. The van der Waals surface area contributed by atoms with Gasteiger partial charge in [0.2, 0.25) is 0 Å². The summed E-state index contributed by atoms with van der Waals surface area (Å²) in [6, 6.07) is 9.04. The molecule has 0 aliphatic heterocycles. The summed E-state index contributed by atoms with van der Waals surface area (Å²) in [5.74, 6) is 0. The number of benzene rings is 1. The number of hydrogen-bond acceptors (Lipinski definition) is 2. The first-order chi connectivity index (χ1) is 7.03. The molecule has 1 fully saturated rings. The summed E-state index contributed by atoms with van der Waals surface area (Å²) in [6.45, 7) is 2.13. The molecule has 0 bridgehead atoms. The van der Waals surface area contributed by atoms with Gasteiger partial charge in [0.1, 0.15) is 0 Å². The van der Waals surface area contributed by atoms with Gasteiger partial charge in [0, 0.05) is 5.54 Å². The van der Waals surface area contributed by atoms with Gasteiger partial charge in [-0.05, 0) is 39.4 Å². The Kier molecular flexibility index (Phi) is 2.57. The average Bonchev–Trinajstić information content (AvgIpc) is 2.83. The normalized spacial score (nSPS) is 20.3. The molecular weight excluding hydrogens is 184 g/mol. The second-order valence-corrected chi connectivity index (χ2v) is 5.01. The summed E-state index contributed by atoms with van der Waals surface area (Å²) < 4.78 is 0. The molecule has 1 aromatic carbocycles. The van der Waals surface area contributed by atoms with Crippen molar-refractivity contribution in [2.75, 3.05) is 14.1 Å². The molecule has 1 aromatic rings. The van der Waals surface area contributed by atoms with E-state index < -0.39 is 0 Å². The molecule has 1 unspecified atom stereocenters. The van der Waals surface area contributed by atoms with Crippen LogP contribution < -0.4 is 5.73 Å². The maximum absolute atomic E-state index is 6.33. The van der Waals surface area contributed by atoms with Crippen molar-refractivity contribution in [2.45, 2.75) is 31.3 Å². The van der Waals surface area contributed by atoms with E-state index in [1.165, 1.54) is 11.1 Å². The number of nitrogens with zero attached hydrogens (tertiary/aromatic N) is 1. The molecule has 2 N–H and O–H groups in total. The van der Waals surface area contributed by atoms with Crippen molar-refractivity contribution < 1.29 is 0 Å². The lowest BCUT2D eigenvalue weighted by atomic mass is 9.95. The molecule has 0 spiro atoms. The Hall–Kier alpha value is -0.860. The number of hydrogen-bond donors (Lipinski definition) is 1. The second kappa shape index (κ2) is 3.62. The van der Waals surface area contributed by atoms with Gasteiger partial charge in [-0.25, -0.2) is 0 Å². The maximum Gasteiger partial charge on any atom is 0.0523 e. The molecule has 0 saturated heterocycles. The van der Waals surface area contributed by atoms with E-state index in [2.05, 4.69) is 50.2 Å². The van der Waals surface area contributed by atoms with Crippen molar-refractivity contribution in [3.8, 4) is 0 Å². The van der Waals surface area contributed by atoms with E-state index >= 15 is 0 Å². The van der Waals surface area contributed by atoms with Gasteiger partial charge in [0.25, 0.3) is 0 Å². The Morgan fingerprint density at radius 1 is 1.33 bits per heavy atom. The smallest absolute Gasteiger partial charge is 0.0523 e. The third-order valence-corrected chi connectivity index (χ3v) is 3.25. The molecule has 2 heteroatoms. The molecular formula is C13H20N2. The second-order valence-electron chi connectivity index (χ2n) is 5.01. The van der Waals surface area contributed by atoms with Gasteiger partial charge >= 0.3 is 0 Å². The minimum atomic E-state index is 0.0112. The van der Waals surface area contributed by atoms with Crippen molar-refractivity contribution in [3.63, 3.8) is 0 Å². The highest BCUT2D eigenvalue weighted by Gasteiger charge is 2.47. The number of likely N-dealkylation sites (N-methyl/N-ethyl adjacent to an activating group) is 1. The van der Waals surface area contributed by atoms with E-state index in [9.17, 15) is 0 Å². The zero-order valence-corrected chi connectivity index (χ0v) is 9.83. The third-order valence-electron chi connectivity index (χ3n) is 3.25. The van der Waals surface area contributed by atoms with Gasteiger partial charge in [0.15, 0.2) is 0 Å². The quantitative estimate of drug-likeness (QED) is 0.817. The van der Waals surface area contributed by atoms with Crippen molar-refractivity contribution in [1.29, 1.82) is 0 Å². The molecule has 82 valence electrons. The van der Waals surface area contributed by atoms with Crippen LogP contribution >= 0.6 is 0 Å². The Morgan fingerprint density at radius 2 is 2.00 bits per heavy atom. The van der Waals surface area contributed by atoms with E-state index in [-0.39, 0.29) is 5.54 Å². The van der Waals surface area contributed by atoms with Crippen LogP contribution in [-0.4, -0.2) is 24.5 Å². The lowest BCUT2D eigenvalue weighted by molar-refractivity contribution is 0.246. The number of aryl methyl sites for hydroxylation is 1. The largest absolute Gasteiger partial charge is 0.323 e. The minimum absolute atomic E-state index is 0.0112. The van der Waals surface area contributed by atoms with Crippen LogP contribution in [0.1, 0.15) is 30.0 Å². The van der Waals surface area contributed by atoms with Gasteiger partial charge in [0.05, 0.1) is 6.04 Å². The number of rotatable bonds is 3. The van der Waals surface area contributed by atoms with E-state index in [0.29, 0.717) is 6.04 Å². The molecule has 0 heterocycles. The summed E-state index contributed by atoms with van der Waals surface area (Å²) in [5.41, 5.74) is 9.00. The summed E-state index contributed by atoms with van der Waals surface area (Å²) in [4.78, 5) is 2.24. The first kappa shape index (κ1) is 10.7. The first-order valence-corrected chi connectivity index (χ1v) is 5.55. The van der Waals surface area contributed by atoms with Crippen LogP contribution in [-0.2, 0) is 0 Å². The van der Waals surface area contributed by atoms with Gasteiger partial charge < -0.3 is 10.6 Å². The van der Waals surface area contributed by atoms with Crippen LogP contribution in [0, 0.1) is 6.92 Å². The van der Waals surface area contributed by atoms with Crippen molar-refractivity contribution in [2.24, 2.45) is 5.73 Å². The average molecular weight is 204 g/mol. The van der Waals surface area contributed by atoms with Gasteiger partial charge in [-0.1, -0.05) is 29.8 Å². The summed E-state index contributed by atoms with van der Waals surface area (Å²) in [7, 11) is 4.22. The third kappa shape index (κ3) is 2.06. The Bertz CT molecular complexity index is 353. The van der Waals surface area contributed by atoms with E-state index in [1.54, 1.807) is 0 Å². The SMILES string of the molecule is Cc1cccc(C(N(C)C)C2(N)CC2)c1. The molecule has 0 radical (unpaired) electrons. The molecule has 15 heavy (non-hydrogen) atoms. The van der Waals surface area contributed by atoms with Gasteiger partial charge in [-0.3, -0.25) is 0 Å². The Labute approximate surface area is 92.1 Å². The minimum Gasteiger partial charge on any atom is -0.323 e. The van der Waals surface area contributed by atoms with Crippen LogP contribution in [0.4, 0.5) is 0 Å². The maximum atomic E-state index is 6.33. The molecule has 1 aliphatic rings. The van der Waals surface area contributed by atoms with Crippen LogP contribution in [0.2, 0.25) is 0 Å². The van der Waals surface area contributed by atoms with E-state index in [1.807, 2.05) is 0 Å². The fourth-order valence-corrected chi connectivity index (χ4v) is 2.40. The van der Waals surface area contributed by atoms with E-state index in [0.717, 1.165) is 12.8 Å². The Balaban J connectivity index is 2.33. The van der Waals surface area contributed by atoms with Crippen LogP contribution in [0.5, 0.6) is 0 Å². The van der Waals surface area contributed by atoms with E-state index in [4.69, 9.17) is 5.73 Å². The van der Waals surface area contributed by atoms with Crippen LogP contribution in [0.15, 0.2) is 24.3 Å². The zero-order chi connectivity index (χ0) is 11.1. The lowest BCUT2D eigenvalue weighted by Gasteiger charge is -2.30. The van der Waals surface area contributed by atoms with Crippen molar-refractivity contribution >= 4 is 0 Å². The molecule has 1 saturated carbocycles. The van der Waals surface area contributed by atoms with Crippen molar-refractivity contribution in [3.05, 3.63) is 35.4 Å². The topological polar surface area (TPSA) is 29.3 Å². The molecule has 2 nitrogen and oxygen atoms in total. The monoisotopic (exact) mass is 204 g/mol. The van der Waals surface area contributed by atoms with Gasteiger partial charge in [-0.2, -0.15) is 0 Å². The standard InChI is InChI=1S/C13H20N2/c1-10-5-4-6-11(9-10)12(15(2)3)13(14)7-8-13/h4-6,9,12H,7-8,14H2,1-3H3. The van der Waals surface area contributed by atoms with Crippen molar-refractivity contribution in [1.82, 2.24) is 4.90 Å². The predicted molar refractivity (Wildman–Crippen MR) is 63.8 cm³/mol. The molecule has 2 rings (SSSR count). The highest BCUT2D eigenvalue weighted by molar-refractivity contribution is 5.30. The number of nitrogens with two attached hydrogens (primary N) is 1. The highest BCUT2D eigenvalue weighted by Crippen LogP contribution is 2.45. The highest BCUT2D eigenvalue weighted by atomic mass is 15.1. The first-order valence-electron chi connectivity index (χ1n) is 5.55.